The number of aromatic hydroxyl groups is 2. The van der Waals surface area contributed by atoms with Crippen LogP contribution in [0.3, 0.4) is 0 Å². The van der Waals surface area contributed by atoms with E-state index in [4.69, 9.17) is 32.4 Å². The van der Waals surface area contributed by atoms with Crippen molar-refractivity contribution in [2.45, 2.75) is 6.92 Å². The van der Waals surface area contributed by atoms with Crippen LogP contribution in [0.2, 0.25) is 10.0 Å². The second-order valence-corrected chi connectivity index (χ2v) is 5.53. The van der Waals surface area contributed by atoms with E-state index in [1.807, 2.05) is 0 Å². The van der Waals surface area contributed by atoms with Crippen LogP contribution in [0.4, 0.5) is 0 Å². The van der Waals surface area contributed by atoms with Gasteiger partial charge in [-0.25, -0.2) is 0 Å². The minimum absolute atomic E-state index is 0.0218. The molecule has 3 aromatic rings. The zero-order chi connectivity index (χ0) is 16.2. The highest BCUT2D eigenvalue weighted by Crippen LogP contribution is 2.41. The molecule has 0 radical (unpaired) electrons. The Hall–Kier alpha value is -2.11. The second kappa shape index (κ2) is 4.97. The molecule has 0 amide bonds. The third-order valence-electron chi connectivity index (χ3n) is 3.45. The van der Waals surface area contributed by atoms with Crippen LogP contribution < -0.4 is 10.2 Å². The Bertz CT molecular complexity index is 991. The largest absolute Gasteiger partial charge is 0.506 e. The molecule has 2 N–H and O–H groups in total. The minimum atomic E-state index is -0.529. The smallest absolute Gasteiger partial charge is 0.204 e. The zero-order valence-corrected chi connectivity index (χ0v) is 13.0. The number of hydrogen-bond acceptors (Lipinski definition) is 5. The highest BCUT2D eigenvalue weighted by molar-refractivity contribution is 6.37. The van der Waals surface area contributed by atoms with Crippen LogP contribution >= 0.6 is 23.2 Å². The molecule has 1 aromatic heterocycles. The van der Waals surface area contributed by atoms with Crippen molar-refractivity contribution in [1.82, 2.24) is 0 Å². The molecule has 0 aliphatic rings. The molecule has 0 unspecified atom stereocenters. The summed E-state index contributed by atoms with van der Waals surface area (Å²) in [4.78, 5) is 12.7. The van der Waals surface area contributed by atoms with Crippen LogP contribution in [-0.2, 0) is 0 Å². The highest BCUT2D eigenvalue weighted by Gasteiger charge is 2.21. The van der Waals surface area contributed by atoms with Gasteiger partial charge in [0.1, 0.15) is 32.5 Å². The van der Waals surface area contributed by atoms with Crippen molar-refractivity contribution in [1.29, 1.82) is 0 Å². The lowest BCUT2D eigenvalue weighted by Gasteiger charge is -2.11. The Morgan fingerprint density at radius 1 is 1.14 bits per heavy atom. The van der Waals surface area contributed by atoms with E-state index >= 15 is 0 Å². The van der Waals surface area contributed by atoms with Crippen LogP contribution in [0.25, 0.3) is 21.9 Å². The van der Waals surface area contributed by atoms with Gasteiger partial charge in [-0.1, -0.05) is 23.2 Å². The third-order valence-corrected chi connectivity index (χ3v) is 4.19. The number of aryl methyl sites for hydroxylation is 1. The third kappa shape index (κ3) is 1.90. The maximum atomic E-state index is 12.7. The summed E-state index contributed by atoms with van der Waals surface area (Å²) in [5.74, 6) is -0.569. The topological polar surface area (TPSA) is 79.9 Å². The molecule has 0 fully saturated rings. The van der Waals surface area contributed by atoms with Gasteiger partial charge in [0, 0.05) is 6.07 Å². The van der Waals surface area contributed by atoms with Crippen molar-refractivity contribution in [3.8, 4) is 17.2 Å². The molecule has 114 valence electrons. The molecule has 0 aliphatic heterocycles. The fourth-order valence-electron chi connectivity index (χ4n) is 2.40. The highest BCUT2D eigenvalue weighted by atomic mass is 35.5. The summed E-state index contributed by atoms with van der Waals surface area (Å²) in [7, 11) is 1.45. The summed E-state index contributed by atoms with van der Waals surface area (Å²) >= 11 is 12.0. The van der Waals surface area contributed by atoms with Gasteiger partial charge in [-0.2, -0.15) is 0 Å². The molecule has 0 aliphatic carbocycles. The molecule has 0 bridgehead atoms. The fraction of sp³-hybridized carbons (Fsp3) is 0.133. The van der Waals surface area contributed by atoms with Crippen LogP contribution in [-0.4, -0.2) is 17.3 Å². The first kappa shape index (κ1) is 14.8. The standard InChI is InChI=1S/C15H10Cl2O5/c1-5-3-8(21-2)12(17)15-9(5)13(19)10-7(22-15)4-6(18)11(16)14(10)20/h3-4,18,20H,1-2H3. The fourth-order valence-corrected chi connectivity index (χ4v) is 2.82. The number of rotatable bonds is 1. The Kier molecular flexibility index (Phi) is 3.34. The van der Waals surface area contributed by atoms with Crippen LogP contribution in [0.5, 0.6) is 17.2 Å². The number of hydrogen-bond donors (Lipinski definition) is 2. The van der Waals surface area contributed by atoms with Gasteiger partial charge < -0.3 is 19.4 Å². The summed E-state index contributed by atoms with van der Waals surface area (Å²) in [5.41, 5.74) is 0.191. The molecular weight excluding hydrogens is 331 g/mol. The molecule has 0 saturated heterocycles. The van der Waals surface area contributed by atoms with Crippen LogP contribution in [0.1, 0.15) is 5.56 Å². The van der Waals surface area contributed by atoms with Crippen molar-refractivity contribution in [3.63, 3.8) is 0 Å². The molecule has 7 heteroatoms. The van der Waals surface area contributed by atoms with E-state index in [9.17, 15) is 15.0 Å². The van der Waals surface area contributed by atoms with Gasteiger partial charge in [0.15, 0.2) is 11.3 Å². The van der Waals surface area contributed by atoms with E-state index in [-0.39, 0.29) is 32.0 Å². The first-order chi connectivity index (χ1) is 10.4. The number of halogens is 2. The lowest BCUT2D eigenvalue weighted by Crippen LogP contribution is -2.05. The second-order valence-electron chi connectivity index (χ2n) is 4.78. The Labute approximate surface area is 134 Å². The maximum Gasteiger partial charge on any atom is 0.204 e. The quantitative estimate of drug-likeness (QED) is 0.655. The monoisotopic (exact) mass is 340 g/mol. The number of phenolic OH excluding ortho intramolecular Hbond substituents is 2. The molecule has 0 saturated carbocycles. The van der Waals surface area contributed by atoms with Gasteiger partial charge in [-0.05, 0) is 18.6 Å². The summed E-state index contributed by atoms with van der Waals surface area (Å²) in [5, 5.41) is 19.6. The maximum absolute atomic E-state index is 12.7. The van der Waals surface area contributed by atoms with E-state index in [2.05, 4.69) is 0 Å². The molecule has 2 aromatic carbocycles. The first-order valence-electron chi connectivity index (χ1n) is 6.20. The molecule has 5 nitrogen and oxygen atoms in total. The summed E-state index contributed by atoms with van der Waals surface area (Å²) in [6.45, 7) is 1.70. The zero-order valence-electron chi connectivity index (χ0n) is 11.5. The molecular formula is C15H10Cl2O5. The Morgan fingerprint density at radius 2 is 1.82 bits per heavy atom. The predicted molar refractivity (Wildman–Crippen MR) is 84.6 cm³/mol. The lowest BCUT2D eigenvalue weighted by molar-refractivity contribution is 0.414. The summed E-state index contributed by atoms with van der Waals surface area (Å²) in [6, 6.07) is 2.76. The molecule has 0 spiro atoms. The SMILES string of the molecule is COc1cc(C)c2c(=O)c3c(O)c(Cl)c(O)cc3oc2c1Cl. The van der Waals surface area contributed by atoms with Gasteiger partial charge >= 0.3 is 0 Å². The van der Waals surface area contributed by atoms with E-state index in [0.29, 0.717) is 11.3 Å². The van der Waals surface area contributed by atoms with Gasteiger partial charge in [0.2, 0.25) is 5.43 Å². The van der Waals surface area contributed by atoms with E-state index < -0.39 is 16.9 Å². The van der Waals surface area contributed by atoms with Crippen molar-refractivity contribution >= 4 is 45.1 Å². The Balaban J connectivity index is 2.64. The lowest BCUT2D eigenvalue weighted by atomic mass is 10.1. The number of ether oxygens (including phenoxy) is 1. The molecule has 3 rings (SSSR count). The summed E-state index contributed by atoms with van der Waals surface area (Å²) < 4.78 is 10.7. The van der Waals surface area contributed by atoms with Crippen molar-refractivity contribution in [2.24, 2.45) is 0 Å². The molecule has 22 heavy (non-hydrogen) atoms. The Morgan fingerprint density at radius 3 is 2.45 bits per heavy atom. The molecule has 1 heterocycles. The number of benzene rings is 2. The van der Waals surface area contributed by atoms with E-state index in [1.54, 1.807) is 13.0 Å². The molecule has 0 atom stereocenters. The first-order valence-corrected chi connectivity index (χ1v) is 6.96. The number of fused-ring (bicyclic) bond motifs is 2. The van der Waals surface area contributed by atoms with Gasteiger partial charge in [0.25, 0.3) is 0 Å². The number of phenols is 2. The van der Waals surface area contributed by atoms with Crippen molar-refractivity contribution in [3.05, 3.63) is 38.0 Å². The minimum Gasteiger partial charge on any atom is -0.506 e. The average Bonchev–Trinajstić information content (AvgIpc) is 2.47. The number of methoxy groups -OCH3 is 1. The van der Waals surface area contributed by atoms with Gasteiger partial charge in [-0.15, -0.1) is 0 Å². The van der Waals surface area contributed by atoms with Crippen LogP contribution in [0.15, 0.2) is 21.3 Å². The van der Waals surface area contributed by atoms with E-state index in [1.165, 1.54) is 7.11 Å². The normalized spacial score (nSPS) is 11.3. The van der Waals surface area contributed by atoms with Crippen molar-refractivity contribution in [2.75, 3.05) is 7.11 Å². The van der Waals surface area contributed by atoms with Crippen LogP contribution in [0, 0.1) is 6.92 Å². The average molecular weight is 341 g/mol. The van der Waals surface area contributed by atoms with Crippen molar-refractivity contribution < 1.29 is 19.4 Å². The summed E-state index contributed by atoms with van der Waals surface area (Å²) in [6.07, 6.45) is 0. The van der Waals surface area contributed by atoms with Gasteiger partial charge in [-0.3, -0.25) is 4.79 Å². The predicted octanol–water partition coefficient (Wildman–Crippen LogP) is 3.98. The van der Waals surface area contributed by atoms with E-state index in [0.717, 1.165) is 6.07 Å². The van der Waals surface area contributed by atoms with Gasteiger partial charge in [0.05, 0.1) is 12.5 Å².